The first-order valence-corrected chi connectivity index (χ1v) is 12.2. The molecule has 2 aromatic carbocycles. The Balaban J connectivity index is 1.72. The molecular weight excluding hydrogens is 438 g/mol. The standard InChI is InChI=1S/C29H37N3O3/c1-5-24(19-22-11-7-6-8-12-22)27(33)21-32(31-28(34)35-29(2,3)4)20-23-14-16-25(17-15-23)26-13-9-10-18-30-26/h6-18,24,27,33H,5,19-21H2,1-4H3,(H,31,34). The summed E-state index contributed by atoms with van der Waals surface area (Å²) in [6, 6.07) is 24.1. The average Bonchev–Trinajstić information content (AvgIpc) is 2.83. The van der Waals surface area contributed by atoms with Gasteiger partial charge in [0.05, 0.1) is 11.8 Å². The molecule has 1 heterocycles. The summed E-state index contributed by atoms with van der Waals surface area (Å²) in [4.78, 5) is 16.9. The van der Waals surface area contributed by atoms with Gasteiger partial charge in [-0.3, -0.25) is 10.4 Å². The number of amides is 1. The summed E-state index contributed by atoms with van der Waals surface area (Å²) in [6.07, 6.45) is 2.22. The number of benzene rings is 2. The molecule has 2 atom stereocenters. The SMILES string of the molecule is CCC(Cc1ccccc1)C(O)CN(Cc1ccc(-c2ccccn2)cc1)NC(=O)OC(C)(C)C. The van der Waals surface area contributed by atoms with Gasteiger partial charge in [0.25, 0.3) is 0 Å². The van der Waals surface area contributed by atoms with E-state index in [0.29, 0.717) is 6.54 Å². The number of pyridine rings is 1. The molecule has 0 fully saturated rings. The number of aromatic nitrogens is 1. The van der Waals surface area contributed by atoms with Gasteiger partial charge in [0.15, 0.2) is 0 Å². The number of hydrogen-bond acceptors (Lipinski definition) is 5. The van der Waals surface area contributed by atoms with Crippen LogP contribution in [0.25, 0.3) is 11.3 Å². The molecule has 3 aromatic rings. The molecule has 0 spiro atoms. The number of nitrogens with zero attached hydrogens (tertiary/aromatic N) is 2. The minimum Gasteiger partial charge on any atom is -0.443 e. The Kier molecular flexibility index (Phi) is 9.40. The summed E-state index contributed by atoms with van der Waals surface area (Å²) in [5, 5.41) is 12.9. The van der Waals surface area contributed by atoms with Gasteiger partial charge in [-0.2, -0.15) is 0 Å². The monoisotopic (exact) mass is 475 g/mol. The van der Waals surface area contributed by atoms with E-state index >= 15 is 0 Å². The van der Waals surface area contributed by atoms with Crippen LogP contribution in [0.1, 0.15) is 45.2 Å². The number of hydrogen-bond donors (Lipinski definition) is 2. The molecule has 2 unspecified atom stereocenters. The molecule has 0 bridgehead atoms. The second-order valence-electron chi connectivity index (χ2n) is 9.83. The van der Waals surface area contributed by atoms with Crippen molar-refractivity contribution in [1.82, 2.24) is 15.4 Å². The fourth-order valence-corrected chi connectivity index (χ4v) is 3.96. The smallest absolute Gasteiger partial charge is 0.422 e. The number of carbonyl (C=O) groups is 1. The highest BCUT2D eigenvalue weighted by atomic mass is 16.6. The van der Waals surface area contributed by atoms with Gasteiger partial charge >= 0.3 is 6.09 Å². The van der Waals surface area contributed by atoms with Gasteiger partial charge in [-0.25, -0.2) is 9.80 Å². The highest BCUT2D eigenvalue weighted by molar-refractivity contribution is 5.67. The number of rotatable bonds is 10. The van der Waals surface area contributed by atoms with Gasteiger partial charge in [-0.1, -0.05) is 74.0 Å². The molecular formula is C29H37N3O3. The van der Waals surface area contributed by atoms with Crippen LogP contribution in [0.3, 0.4) is 0 Å². The van der Waals surface area contributed by atoms with Crippen LogP contribution in [-0.4, -0.2) is 39.4 Å². The van der Waals surface area contributed by atoms with Crippen molar-refractivity contribution in [2.45, 2.75) is 58.8 Å². The fraction of sp³-hybridized carbons (Fsp3) is 0.379. The lowest BCUT2D eigenvalue weighted by molar-refractivity contribution is 0.00964. The quantitative estimate of drug-likeness (QED) is 0.372. The van der Waals surface area contributed by atoms with Crippen molar-refractivity contribution in [3.05, 3.63) is 90.1 Å². The largest absolute Gasteiger partial charge is 0.443 e. The van der Waals surface area contributed by atoms with E-state index in [9.17, 15) is 9.90 Å². The zero-order chi connectivity index (χ0) is 25.3. The number of ether oxygens (including phenoxy) is 1. The molecule has 0 saturated carbocycles. The summed E-state index contributed by atoms with van der Waals surface area (Å²) < 4.78 is 5.47. The Morgan fingerprint density at radius 2 is 1.69 bits per heavy atom. The summed E-state index contributed by atoms with van der Waals surface area (Å²) in [7, 11) is 0. The van der Waals surface area contributed by atoms with Crippen LogP contribution < -0.4 is 5.43 Å². The van der Waals surface area contributed by atoms with Crippen molar-refractivity contribution in [3.8, 4) is 11.3 Å². The third-order valence-corrected chi connectivity index (χ3v) is 5.75. The topological polar surface area (TPSA) is 74.7 Å². The van der Waals surface area contributed by atoms with E-state index in [1.54, 1.807) is 11.2 Å². The number of hydrazine groups is 1. The molecule has 186 valence electrons. The van der Waals surface area contributed by atoms with E-state index in [4.69, 9.17) is 4.74 Å². The number of carbonyl (C=O) groups excluding carboxylic acids is 1. The van der Waals surface area contributed by atoms with E-state index in [1.807, 2.05) is 81.4 Å². The molecule has 0 aliphatic heterocycles. The van der Waals surface area contributed by atoms with E-state index in [0.717, 1.165) is 29.7 Å². The molecule has 0 aliphatic carbocycles. The van der Waals surface area contributed by atoms with Crippen LogP contribution in [0.15, 0.2) is 79.0 Å². The van der Waals surface area contributed by atoms with Crippen molar-refractivity contribution in [1.29, 1.82) is 0 Å². The molecule has 6 nitrogen and oxygen atoms in total. The fourth-order valence-electron chi connectivity index (χ4n) is 3.96. The van der Waals surface area contributed by atoms with Gasteiger partial charge in [0.1, 0.15) is 5.60 Å². The minimum absolute atomic E-state index is 0.0619. The van der Waals surface area contributed by atoms with Crippen molar-refractivity contribution in [2.24, 2.45) is 5.92 Å². The molecule has 1 aromatic heterocycles. The Hall–Kier alpha value is -3.22. The highest BCUT2D eigenvalue weighted by Crippen LogP contribution is 2.20. The van der Waals surface area contributed by atoms with Crippen LogP contribution in [0.2, 0.25) is 0 Å². The molecule has 35 heavy (non-hydrogen) atoms. The second-order valence-corrected chi connectivity index (χ2v) is 9.83. The molecule has 2 N–H and O–H groups in total. The lowest BCUT2D eigenvalue weighted by Gasteiger charge is -2.30. The summed E-state index contributed by atoms with van der Waals surface area (Å²) in [5.74, 6) is 0.0619. The zero-order valence-electron chi connectivity index (χ0n) is 21.1. The Bertz CT molecular complexity index is 1030. The normalized spacial score (nSPS) is 13.3. The average molecular weight is 476 g/mol. The van der Waals surface area contributed by atoms with Gasteiger partial charge in [0.2, 0.25) is 0 Å². The predicted octanol–water partition coefficient (Wildman–Crippen LogP) is 5.62. The summed E-state index contributed by atoms with van der Waals surface area (Å²) in [6.45, 7) is 8.28. The maximum atomic E-state index is 12.5. The first-order valence-electron chi connectivity index (χ1n) is 12.2. The molecule has 6 heteroatoms. The number of aliphatic hydroxyl groups excluding tert-OH is 1. The Labute approximate surface area is 208 Å². The van der Waals surface area contributed by atoms with Crippen LogP contribution >= 0.6 is 0 Å². The summed E-state index contributed by atoms with van der Waals surface area (Å²) >= 11 is 0. The van der Waals surface area contributed by atoms with Gasteiger partial charge < -0.3 is 9.84 Å². The minimum atomic E-state index is -0.622. The maximum Gasteiger partial charge on any atom is 0.422 e. The second kappa shape index (κ2) is 12.5. The lowest BCUT2D eigenvalue weighted by atomic mass is 9.91. The Morgan fingerprint density at radius 1 is 1.00 bits per heavy atom. The molecule has 0 aliphatic rings. The van der Waals surface area contributed by atoms with Gasteiger partial charge in [-0.05, 0) is 56.4 Å². The summed E-state index contributed by atoms with van der Waals surface area (Å²) in [5.41, 5.74) is 6.35. The predicted molar refractivity (Wildman–Crippen MR) is 139 cm³/mol. The molecule has 1 amide bonds. The molecule has 0 radical (unpaired) electrons. The van der Waals surface area contributed by atoms with Crippen LogP contribution in [0.4, 0.5) is 4.79 Å². The zero-order valence-corrected chi connectivity index (χ0v) is 21.1. The third kappa shape index (κ3) is 8.81. The third-order valence-electron chi connectivity index (χ3n) is 5.75. The first-order chi connectivity index (χ1) is 16.7. The van der Waals surface area contributed by atoms with Crippen LogP contribution in [0, 0.1) is 5.92 Å². The van der Waals surface area contributed by atoms with Gasteiger partial charge in [0, 0.05) is 24.8 Å². The van der Waals surface area contributed by atoms with Crippen molar-refractivity contribution in [2.75, 3.05) is 6.54 Å². The van der Waals surface area contributed by atoms with Crippen molar-refractivity contribution < 1.29 is 14.6 Å². The van der Waals surface area contributed by atoms with Gasteiger partial charge in [-0.15, -0.1) is 0 Å². The van der Waals surface area contributed by atoms with E-state index in [1.165, 1.54) is 5.56 Å². The van der Waals surface area contributed by atoms with Crippen LogP contribution in [-0.2, 0) is 17.7 Å². The van der Waals surface area contributed by atoms with Crippen molar-refractivity contribution >= 4 is 6.09 Å². The number of aliphatic hydroxyl groups is 1. The van der Waals surface area contributed by atoms with E-state index in [2.05, 4.69) is 29.5 Å². The highest BCUT2D eigenvalue weighted by Gasteiger charge is 2.24. The molecule has 0 saturated heterocycles. The maximum absolute atomic E-state index is 12.5. The van der Waals surface area contributed by atoms with E-state index in [-0.39, 0.29) is 12.5 Å². The number of nitrogens with one attached hydrogen (secondary N) is 1. The first kappa shape index (κ1) is 26.4. The van der Waals surface area contributed by atoms with Crippen LogP contribution in [0.5, 0.6) is 0 Å². The van der Waals surface area contributed by atoms with E-state index < -0.39 is 17.8 Å². The molecule has 3 rings (SSSR count). The Morgan fingerprint density at radius 3 is 2.29 bits per heavy atom. The van der Waals surface area contributed by atoms with Crippen molar-refractivity contribution in [3.63, 3.8) is 0 Å². The lowest BCUT2D eigenvalue weighted by Crippen LogP contribution is -2.48.